The van der Waals surface area contributed by atoms with Crippen LogP contribution in [0.5, 0.6) is 11.5 Å². The molecule has 3 aromatic rings. The number of carbonyl (C=O) groups is 1. The van der Waals surface area contributed by atoms with Crippen molar-refractivity contribution >= 4 is 16.9 Å². The highest BCUT2D eigenvalue weighted by Gasteiger charge is 2.36. The van der Waals surface area contributed by atoms with Crippen molar-refractivity contribution in [3.63, 3.8) is 0 Å². The van der Waals surface area contributed by atoms with Gasteiger partial charge in [0.25, 0.3) is 5.56 Å². The van der Waals surface area contributed by atoms with Gasteiger partial charge in [-0.05, 0) is 68.7 Å². The number of carbonyl (C=O) groups excluding carboxylic acids is 1. The van der Waals surface area contributed by atoms with Crippen LogP contribution in [-0.2, 0) is 18.3 Å². The Morgan fingerprint density at radius 2 is 1.60 bits per heavy atom. The summed E-state index contributed by atoms with van der Waals surface area (Å²) in [5.74, 6) is 2.21. The predicted octanol–water partition coefficient (Wildman–Crippen LogP) is 4.07. The summed E-state index contributed by atoms with van der Waals surface area (Å²) < 4.78 is 19.0. The highest BCUT2D eigenvalue weighted by molar-refractivity contribution is 5.95. The molecule has 1 amide bonds. The minimum Gasteiger partial charge on any atom is -0.496 e. The van der Waals surface area contributed by atoms with E-state index in [9.17, 15) is 9.59 Å². The molecule has 3 saturated heterocycles. The van der Waals surface area contributed by atoms with Gasteiger partial charge in [-0.2, -0.15) is 0 Å². The summed E-state index contributed by atoms with van der Waals surface area (Å²) in [6, 6.07) is 6.61. The van der Waals surface area contributed by atoms with Gasteiger partial charge in [0.05, 0.1) is 25.2 Å². The Hall–Kier alpha value is -3.67. The van der Waals surface area contributed by atoms with Gasteiger partial charge < -0.3 is 23.7 Å². The summed E-state index contributed by atoms with van der Waals surface area (Å²) >= 11 is 0. The molecule has 1 aromatic carbocycles. The Kier molecular flexibility index (Phi) is 9.77. The van der Waals surface area contributed by atoms with Gasteiger partial charge in [-0.3, -0.25) is 24.5 Å². The molecule has 47 heavy (non-hydrogen) atoms. The van der Waals surface area contributed by atoms with Crippen LogP contribution in [0.25, 0.3) is 21.9 Å². The highest BCUT2D eigenvalue weighted by atomic mass is 16.6. The van der Waals surface area contributed by atoms with Crippen molar-refractivity contribution in [3.8, 4) is 22.6 Å². The number of aromatic nitrogens is 2. The Bertz CT molecular complexity index is 1600. The van der Waals surface area contributed by atoms with Gasteiger partial charge in [0.2, 0.25) is 0 Å². The quantitative estimate of drug-likeness (QED) is 0.359. The third kappa shape index (κ3) is 7.42. The van der Waals surface area contributed by atoms with E-state index < -0.39 is 5.60 Å². The van der Waals surface area contributed by atoms with Gasteiger partial charge in [-0.25, -0.2) is 4.79 Å². The average molecular weight is 647 g/mol. The molecule has 0 saturated carbocycles. The van der Waals surface area contributed by atoms with Crippen LogP contribution >= 0.6 is 0 Å². The molecule has 3 aliphatic rings. The largest absolute Gasteiger partial charge is 0.496 e. The first kappa shape index (κ1) is 33.2. The van der Waals surface area contributed by atoms with E-state index in [1.165, 1.54) is 0 Å². The summed E-state index contributed by atoms with van der Waals surface area (Å²) in [7, 11) is 5.17. The van der Waals surface area contributed by atoms with Crippen LogP contribution in [0, 0.1) is 5.92 Å². The van der Waals surface area contributed by atoms with Crippen molar-refractivity contribution in [2.75, 3.05) is 73.1 Å². The Balaban J connectivity index is 1.01. The van der Waals surface area contributed by atoms with Crippen LogP contribution < -0.4 is 15.0 Å². The van der Waals surface area contributed by atoms with Crippen LogP contribution in [0.3, 0.4) is 0 Å². The fraction of sp³-hybridized carbons (Fsp3) is 0.583. The summed E-state index contributed by atoms with van der Waals surface area (Å²) in [5, 5.41) is 1.44. The molecule has 0 bridgehead atoms. The van der Waals surface area contributed by atoms with Crippen LogP contribution in [0.15, 0.2) is 41.6 Å². The molecule has 11 nitrogen and oxygen atoms in total. The standard InChI is InChI=1S/C36H50N6O5/c1-36(2,3)47-35(44)42-11-8-25(9-12-42)20-40-21-27(22-40)41-15-13-39(14-16-41)24-31-32(45-5)17-26(18-33(31)46-6)30-23-38(4)34(43)29-19-37-10-7-28(29)30/h7,10,17-19,23,25,27H,8-9,11-16,20-22,24H2,1-6H3. The molecule has 0 unspecified atom stereocenters. The number of nitrogens with zero attached hydrogens (tertiary/aromatic N) is 6. The van der Waals surface area contributed by atoms with Gasteiger partial charge in [-0.1, -0.05) is 0 Å². The van der Waals surface area contributed by atoms with Crippen molar-refractivity contribution in [3.05, 3.63) is 52.7 Å². The second kappa shape index (κ2) is 13.8. The lowest BCUT2D eigenvalue weighted by Crippen LogP contribution is -2.63. The fourth-order valence-electron chi connectivity index (χ4n) is 7.26. The monoisotopic (exact) mass is 646 g/mol. The van der Waals surface area contributed by atoms with Gasteiger partial charge in [0.1, 0.15) is 17.1 Å². The maximum atomic E-state index is 12.7. The molecule has 254 valence electrons. The second-order valence-electron chi connectivity index (χ2n) is 14.3. The molecule has 5 heterocycles. The molecule has 0 aliphatic carbocycles. The molecule has 6 rings (SSSR count). The first-order chi connectivity index (χ1) is 22.5. The number of hydrogen-bond acceptors (Lipinski definition) is 9. The normalized spacial score (nSPS) is 19.1. The predicted molar refractivity (Wildman–Crippen MR) is 183 cm³/mol. The number of ether oxygens (including phenoxy) is 3. The van der Waals surface area contributed by atoms with E-state index in [1.807, 2.05) is 37.9 Å². The summed E-state index contributed by atoms with van der Waals surface area (Å²) in [6.45, 7) is 15.6. The van der Waals surface area contributed by atoms with Crippen molar-refractivity contribution in [1.82, 2.24) is 29.2 Å². The van der Waals surface area contributed by atoms with E-state index in [1.54, 1.807) is 38.2 Å². The molecule has 0 atom stereocenters. The Morgan fingerprint density at radius 1 is 0.936 bits per heavy atom. The van der Waals surface area contributed by atoms with Crippen molar-refractivity contribution in [1.29, 1.82) is 0 Å². The lowest BCUT2D eigenvalue weighted by atomic mass is 9.94. The zero-order valence-electron chi connectivity index (χ0n) is 28.8. The number of likely N-dealkylation sites (tertiary alicyclic amines) is 2. The number of rotatable bonds is 8. The van der Waals surface area contributed by atoms with E-state index >= 15 is 0 Å². The third-order valence-corrected chi connectivity index (χ3v) is 9.93. The molecule has 0 N–H and O–H groups in total. The topological polar surface area (TPSA) is 92.6 Å². The molecule has 11 heteroatoms. The number of piperazine rings is 1. The van der Waals surface area contributed by atoms with E-state index in [2.05, 4.69) is 31.8 Å². The summed E-state index contributed by atoms with van der Waals surface area (Å²) in [4.78, 5) is 38.9. The number of methoxy groups -OCH3 is 2. The van der Waals surface area contributed by atoms with Crippen molar-refractivity contribution in [2.24, 2.45) is 13.0 Å². The highest BCUT2D eigenvalue weighted by Crippen LogP contribution is 2.38. The molecule has 3 fully saturated rings. The third-order valence-electron chi connectivity index (χ3n) is 9.93. The van der Waals surface area contributed by atoms with Crippen molar-refractivity contribution in [2.45, 2.75) is 51.8 Å². The van der Waals surface area contributed by atoms with Gasteiger partial charge in [0, 0.05) is 103 Å². The number of fused-ring (bicyclic) bond motifs is 1. The maximum Gasteiger partial charge on any atom is 0.410 e. The molecular weight excluding hydrogens is 596 g/mol. The van der Waals surface area contributed by atoms with Crippen LogP contribution in [-0.4, -0.2) is 120 Å². The fourth-order valence-corrected chi connectivity index (χ4v) is 7.26. The van der Waals surface area contributed by atoms with Gasteiger partial charge in [0.15, 0.2) is 0 Å². The van der Waals surface area contributed by atoms with E-state index in [0.29, 0.717) is 17.3 Å². The number of piperidine rings is 1. The first-order valence-electron chi connectivity index (χ1n) is 16.9. The second-order valence-corrected chi connectivity index (χ2v) is 14.3. The number of pyridine rings is 2. The molecule has 3 aliphatic heterocycles. The van der Waals surface area contributed by atoms with Gasteiger partial charge in [-0.15, -0.1) is 0 Å². The number of benzene rings is 1. The summed E-state index contributed by atoms with van der Waals surface area (Å²) in [6.07, 6.45) is 7.13. The minimum atomic E-state index is -0.446. The average Bonchev–Trinajstić information content (AvgIpc) is 3.04. The SMILES string of the molecule is COc1cc(-c2cn(C)c(=O)c3cnccc23)cc(OC)c1CN1CCN(C2CN(CC3CCN(C(=O)OC(C)(C)C)CC3)C2)CC1. The van der Waals surface area contributed by atoms with Crippen LogP contribution in [0.4, 0.5) is 4.79 Å². The molecule has 2 aromatic heterocycles. The maximum absolute atomic E-state index is 12.7. The van der Waals surface area contributed by atoms with Gasteiger partial charge >= 0.3 is 6.09 Å². The first-order valence-corrected chi connectivity index (χ1v) is 16.9. The number of hydrogen-bond donors (Lipinski definition) is 0. The Labute approximate surface area is 278 Å². The zero-order chi connectivity index (χ0) is 33.3. The van der Waals surface area contributed by atoms with E-state index in [0.717, 1.165) is 112 Å². The number of amides is 1. The van der Waals surface area contributed by atoms with E-state index in [4.69, 9.17) is 14.2 Å². The molecule has 0 spiro atoms. The lowest BCUT2D eigenvalue weighted by molar-refractivity contribution is -0.0110. The smallest absolute Gasteiger partial charge is 0.410 e. The zero-order valence-corrected chi connectivity index (χ0v) is 28.8. The van der Waals surface area contributed by atoms with Crippen molar-refractivity contribution < 1.29 is 19.0 Å². The van der Waals surface area contributed by atoms with Crippen LogP contribution in [0.1, 0.15) is 39.2 Å². The molecular formula is C36H50N6O5. The van der Waals surface area contributed by atoms with E-state index in [-0.39, 0.29) is 11.7 Å². The lowest BCUT2D eigenvalue weighted by Gasteiger charge is -2.49. The molecule has 0 radical (unpaired) electrons. The number of aryl methyl sites for hydroxylation is 1. The minimum absolute atomic E-state index is 0.0708. The Morgan fingerprint density at radius 3 is 2.21 bits per heavy atom. The van der Waals surface area contributed by atoms with Crippen LogP contribution in [0.2, 0.25) is 0 Å². The summed E-state index contributed by atoms with van der Waals surface area (Å²) in [5.41, 5.74) is 2.39.